The summed E-state index contributed by atoms with van der Waals surface area (Å²) in [7, 11) is 0. The van der Waals surface area contributed by atoms with E-state index in [1.165, 1.54) is 0 Å². The van der Waals surface area contributed by atoms with Crippen LogP contribution >= 0.6 is 15.9 Å². The van der Waals surface area contributed by atoms with E-state index in [-0.39, 0.29) is 0 Å². The van der Waals surface area contributed by atoms with Gasteiger partial charge in [0.25, 0.3) is 0 Å². The van der Waals surface area contributed by atoms with E-state index in [0.29, 0.717) is 11.8 Å². The van der Waals surface area contributed by atoms with Crippen LogP contribution in [0.3, 0.4) is 0 Å². The number of carbonyl (C=O) groups is 1. The molecular formula is C8H13BrF3NO. The maximum absolute atomic E-state index is 11.8. The molecule has 0 aromatic heterocycles. The number of hydrogen-bond acceptors (Lipinski definition) is 1. The lowest BCUT2D eigenvalue weighted by molar-refractivity contribution is -0.154. The van der Waals surface area contributed by atoms with E-state index < -0.39 is 24.0 Å². The zero-order valence-electron chi connectivity index (χ0n) is 8.04. The normalized spacial score (nSPS) is 12.7. The van der Waals surface area contributed by atoms with Crippen molar-refractivity contribution in [3.05, 3.63) is 0 Å². The van der Waals surface area contributed by atoms with E-state index in [1.807, 2.05) is 0 Å². The van der Waals surface area contributed by atoms with Gasteiger partial charge in [-0.3, -0.25) is 4.79 Å². The Hall–Kier alpha value is -0.260. The molecule has 84 valence electrons. The fraction of sp³-hybridized carbons (Fsp3) is 0.875. The van der Waals surface area contributed by atoms with Gasteiger partial charge in [0.05, 0.1) is 0 Å². The van der Waals surface area contributed by atoms with Crippen molar-refractivity contribution in [2.24, 2.45) is 0 Å². The highest BCUT2D eigenvalue weighted by Gasteiger charge is 2.33. The van der Waals surface area contributed by atoms with Crippen molar-refractivity contribution >= 4 is 21.8 Å². The molecule has 1 amide bonds. The third kappa shape index (κ3) is 7.17. The molecule has 0 aromatic carbocycles. The molecule has 0 aromatic rings. The molecule has 0 unspecified atom stereocenters. The van der Waals surface area contributed by atoms with Crippen molar-refractivity contribution in [2.45, 2.75) is 38.4 Å². The molecule has 0 spiro atoms. The van der Waals surface area contributed by atoms with E-state index in [4.69, 9.17) is 0 Å². The van der Waals surface area contributed by atoms with E-state index >= 15 is 0 Å². The molecule has 0 saturated carbocycles. The lowest BCUT2D eigenvalue weighted by Crippen LogP contribution is -2.45. The SMILES string of the molecule is CC(C)(CCBr)NC(=O)CC(F)(F)F. The van der Waals surface area contributed by atoms with Crippen LogP contribution in [-0.4, -0.2) is 23.0 Å². The molecule has 0 fully saturated rings. The van der Waals surface area contributed by atoms with E-state index in [0.717, 1.165) is 0 Å². The monoisotopic (exact) mass is 275 g/mol. The summed E-state index contributed by atoms with van der Waals surface area (Å²) in [5, 5.41) is 2.96. The average Bonchev–Trinajstić information content (AvgIpc) is 1.78. The van der Waals surface area contributed by atoms with E-state index in [9.17, 15) is 18.0 Å². The molecule has 14 heavy (non-hydrogen) atoms. The fourth-order valence-corrected chi connectivity index (χ4v) is 1.89. The molecule has 6 heteroatoms. The third-order valence-electron chi connectivity index (χ3n) is 1.56. The molecule has 0 radical (unpaired) electrons. The first-order chi connectivity index (χ1) is 6.16. The number of rotatable bonds is 4. The summed E-state index contributed by atoms with van der Waals surface area (Å²) < 4.78 is 35.4. The van der Waals surface area contributed by atoms with Gasteiger partial charge >= 0.3 is 6.18 Å². The maximum Gasteiger partial charge on any atom is 0.397 e. The highest BCUT2D eigenvalue weighted by molar-refractivity contribution is 9.09. The minimum Gasteiger partial charge on any atom is -0.351 e. The van der Waals surface area contributed by atoms with Gasteiger partial charge in [0, 0.05) is 10.9 Å². The largest absolute Gasteiger partial charge is 0.397 e. The van der Waals surface area contributed by atoms with Crippen LogP contribution in [0.2, 0.25) is 0 Å². The predicted octanol–water partition coefficient (Wildman–Crippen LogP) is 2.62. The fourth-order valence-electron chi connectivity index (χ4n) is 0.902. The highest BCUT2D eigenvalue weighted by Crippen LogP contribution is 2.20. The first kappa shape index (κ1) is 13.7. The van der Waals surface area contributed by atoms with Gasteiger partial charge in [0.1, 0.15) is 6.42 Å². The Morgan fingerprint density at radius 2 is 1.86 bits per heavy atom. The first-order valence-electron chi connectivity index (χ1n) is 4.10. The Bertz CT molecular complexity index is 203. The maximum atomic E-state index is 11.8. The molecule has 1 N–H and O–H groups in total. The standard InChI is InChI=1S/C8H13BrF3NO/c1-7(2,3-4-9)13-6(14)5-8(10,11)12/h3-5H2,1-2H3,(H,13,14). The van der Waals surface area contributed by atoms with Crippen molar-refractivity contribution in [3.63, 3.8) is 0 Å². The zero-order valence-corrected chi connectivity index (χ0v) is 9.63. The van der Waals surface area contributed by atoms with Crippen LogP contribution in [0.5, 0.6) is 0 Å². The number of carbonyl (C=O) groups excluding carboxylic acids is 1. The number of halogens is 4. The Kier molecular flexibility index (Phi) is 4.91. The minimum absolute atomic E-state index is 0.580. The molecule has 2 nitrogen and oxygen atoms in total. The summed E-state index contributed by atoms with van der Waals surface area (Å²) in [5.74, 6) is -0.983. The summed E-state index contributed by atoms with van der Waals surface area (Å²) in [6.07, 6.45) is -5.27. The van der Waals surface area contributed by atoms with Gasteiger partial charge in [-0.05, 0) is 20.3 Å². The van der Waals surface area contributed by atoms with E-state index in [2.05, 4.69) is 21.2 Å². The van der Waals surface area contributed by atoms with E-state index in [1.54, 1.807) is 13.8 Å². The predicted molar refractivity (Wildman–Crippen MR) is 51.3 cm³/mol. The van der Waals surface area contributed by atoms with Gasteiger partial charge in [-0.25, -0.2) is 0 Å². The lowest BCUT2D eigenvalue weighted by atomic mass is 10.0. The molecule has 0 rings (SSSR count). The molecule has 0 heterocycles. The van der Waals surface area contributed by atoms with Crippen molar-refractivity contribution < 1.29 is 18.0 Å². The van der Waals surface area contributed by atoms with Gasteiger partial charge < -0.3 is 5.32 Å². The summed E-state index contributed by atoms with van der Waals surface area (Å²) in [4.78, 5) is 10.9. The van der Waals surface area contributed by atoms with Crippen LogP contribution < -0.4 is 5.32 Å². The molecular weight excluding hydrogens is 263 g/mol. The van der Waals surface area contributed by atoms with Crippen LogP contribution in [0, 0.1) is 0 Å². The van der Waals surface area contributed by atoms with Crippen LogP contribution in [-0.2, 0) is 4.79 Å². The minimum atomic E-state index is -4.44. The van der Waals surface area contributed by atoms with Gasteiger partial charge in [-0.2, -0.15) is 13.2 Å². The van der Waals surface area contributed by atoms with Crippen LogP contribution in [0.15, 0.2) is 0 Å². The van der Waals surface area contributed by atoms with Crippen molar-refractivity contribution in [1.82, 2.24) is 5.32 Å². The second-order valence-electron chi connectivity index (χ2n) is 3.66. The number of alkyl halides is 4. The van der Waals surface area contributed by atoms with Crippen molar-refractivity contribution in [3.8, 4) is 0 Å². The average molecular weight is 276 g/mol. The number of nitrogens with one attached hydrogen (secondary N) is 1. The van der Waals surface area contributed by atoms with Gasteiger partial charge in [-0.1, -0.05) is 15.9 Å². The summed E-state index contributed by atoms with van der Waals surface area (Å²) in [6.45, 7) is 3.37. The first-order valence-corrected chi connectivity index (χ1v) is 5.22. The molecule has 0 aliphatic heterocycles. The lowest BCUT2D eigenvalue weighted by Gasteiger charge is -2.25. The zero-order chi connectivity index (χ0) is 11.4. The highest BCUT2D eigenvalue weighted by atomic mass is 79.9. The van der Waals surface area contributed by atoms with Crippen molar-refractivity contribution in [1.29, 1.82) is 0 Å². The van der Waals surface area contributed by atoms with Crippen LogP contribution in [0.25, 0.3) is 0 Å². The second-order valence-corrected chi connectivity index (χ2v) is 4.46. The van der Waals surface area contributed by atoms with Gasteiger partial charge in [-0.15, -0.1) is 0 Å². The molecule has 0 bridgehead atoms. The van der Waals surface area contributed by atoms with Crippen molar-refractivity contribution in [2.75, 3.05) is 5.33 Å². The molecule has 0 aliphatic rings. The van der Waals surface area contributed by atoms with Crippen LogP contribution in [0.1, 0.15) is 26.7 Å². The Morgan fingerprint density at radius 3 is 2.21 bits per heavy atom. The Morgan fingerprint density at radius 1 is 1.36 bits per heavy atom. The third-order valence-corrected chi connectivity index (χ3v) is 1.95. The smallest absolute Gasteiger partial charge is 0.351 e. The summed E-state index contributed by atoms with van der Waals surface area (Å²) in [6, 6.07) is 0. The summed E-state index contributed by atoms with van der Waals surface area (Å²) >= 11 is 3.16. The Balaban J connectivity index is 4.06. The topological polar surface area (TPSA) is 29.1 Å². The molecule has 0 atom stereocenters. The Labute approximate surface area is 89.4 Å². The van der Waals surface area contributed by atoms with Gasteiger partial charge in [0.15, 0.2) is 0 Å². The molecule has 0 saturated heterocycles. The molecule has 0 aliphatic carbocycles. The van der Waals surface area contributed by atoms with Gasteiger partial charge in [0.2, 0.25) is 5.91 Å². The summed E-state index contributed by atoms with van der Waals surface area (Å²) in [5.41, 5.74) is -0.605. The number of amides is 1. The number of hydrogen-bond donors (Lipinski definition) is 1. The quantitative estimate of drug-likeness (QED) is 0.786. The van der Waals surface area contributed by atoms with Crippen LogP contribution in [0.4, 0.5) is 13.2 Å². The second kappa shape index (κ2) is 5.00.